The molecule has 1 fully saturated rings. The fourth-order valence-electron chi connectivity index (χ4n) is 2.95. The SMILES string of the molecule is O=C(NCCCc1ccccc1)N1CC(c2nc(-c3ncccn3)no2)C1. The lowest BCUT2D eigenvalue weighted by molar-refractivity contribution is 0.137. The van der Waals surface area contributed by atoms with E-state index in [1.165, 1.54) is 5.56 Å². The quantitative estimate of drug-likeness (QED) is 0.674. The van der Waals surface area contributed by atoms with E-state index in [0.29, 0.717) is 37.2 Å². The van der Waals surface area contributed by atoms with Crippen molar-refractivity contribution in [2.75, 3.05) is 19.6 Å². The number of likely N-dealkylation sites (tertiary alicyclic amines) is 1. The molecule has 8 nitrogen and oxygen atoms in total. The molecule has 27 heavy (non-hydrogen) atoms. The highest BCUT2D eigenvalue weighted by Gasteiger charge is 2.35. The van der Waals surface area contributed by atoms with Crippen molar-refractivity contribution in [3.8, 4) is 11.6 Å². The molecule has 0 radical (unpaired) electrons. The third kappa shape index (κ3) is 4.11. The number of benzene rings is 1. The molecule has 3 aromatic rings. The van der Waals surface area contributed by atoms with Crippen molar-refractivity contribution in [3.63, 3.8) is 0 Å². The number of carbonyl (C=O) groups excluding carboxylic acids is 1. The lowest BCUT2D eigenvalue weighted by Crippen LogP contribution is -2.52. The van der Waals surface area contributed by atoms with Gasteiger partial charge < -0.3 is 14.7 Å². The van der Waals surface area contributed by atoms with Crippen molar-refractivity contribution in [2.24, 2.45) is 0 Å². The van der Waals surface area contributed by atoms with Gasteiger partial charge in [0.2, 0.25) is 17.5 Å². The first kappa shape index (κ1) is 17.1. The van der Waals surface area contributed by atoms with Gasteiger partial charge >= 0.3 is 6.03 Å². The molecule has 0 unspecified atom stereocenters. The zero-order chi connectivity index (χ0) is 18.5. The van der Waals surface area contributed by atoms with Crippen LogP contribution in [-0.4, -0.2) is 50.7 Å². The summed E-state index contributed by atoms with van der Waals surface area (Å²) in [7, 11) is 0. The largest absolute Gasteiger partial charge is 0.338 e. The zero-order valence-corrected chi connectivity index (χ0v) is 14.8. The molecule has 4 rings (SSSR count). The zero-order valence-electron chi connectivity index (χ0n) is 14.8. The number of amides is 2. The van der Waals surface area contributed by atoms with E-state index >= 15 is 0 Å². The van der Waals surface area contributed by atoms with E-state index in [-0.39, 0.29) is 11.9 Å². The molecule has 1 N–H and O–H groups in total. The summed E-state index contributed by atoms with van der Waals surface area (Å²) in [6.45, 7) is 1.80. The molecule has 0 aliphatic carbocycles. The van der Waals surface area contributed by atoms with Crippen molar-refractivity contribution in [1.82, 2.24) is 30.3 Å². The Morgan fingerprint density at radius 2 is 1.89 bits per heavy atom. The summed E-state index contributed by atoms with van der Waals surface area (Å²) in [4.78, 5) is 26.5. The minimum absolute atomic E-state index is 0.0505. The Hall–Kier alpha value is -3.29. The van der Waals surface area contributed by atoms with Crippen molar-refractivity contribution >= 4 is 6.03 Å². The molecule has 2 aromatic heterocycles. The molecular formula is C19H20N6O2. The van der Waals surface area contributed by atoms with E-state index in [9.17, 15) is 4.79 Å². The Morgan fingerprint density at radius 3 is 2.67 bits per heavy atom. The van der Waals surface area contributed by atoms with Crippen LogP contribution < -0.4 is 5.32 Å². The highest BCUT2D eigenvalue weighted by Crippen LogP contribution is 2.26. The second-order valence-corrected chi connectivity index (χ2v) is 6.45. The van der Waals surface area contributed by atoms with Gasteiger partial charge in [0.1, 0.15) is 0 Å². The summed E-state index contributed by atoms with van der Waals surface area (Å²) in [5, 5.41) is 6.88. The Bertz CT molecular complexity index is 877. The number of urea groups is 1. The van der Waals surface area contributed by atoms with Crippen molar-refractivity contribution in [2.45, 2.75) is 18.8 Å². The van der Waals surface area contributed by atoms with Crippen LogP contribution in [0.2, 0.25) is 0 Å². The van der Waals surface area contributed by atoms with E-state index < -0.39 is 0 Å². The summed E-state index contributed by atoms with van der Waals surface area (Å²) in [6.07, 6.45) is 5.13. The first-order chi connectivity index (χ1) is 13.3. The van der Waals surface area contributed by atoms with Crippen LogP contribution in [0.5, 0.6) is 0 Å². The Balaban J connectivity index is 1.20. The topological polar surface area (TPSA) is 97.0 Å². The summed E-state index contributed by atoms with van der Waals surface area (Å²) >= 11 is 0. The average molecular weight is 364 g/mol. The molecule has 8 heteroatoms. The summed E-state index contributed by atoms with van der Waals surface area (Å²) in [5.74, 6) is 1.38. The predicted molar refractivity (Wildman–Crippen MR) is 97.8 cm³/mol. The average Bonchev–Trinajstić information content (AvgIpc) is 3.15. The highest BCUT2D eigenvalue weighted by molar-refractivity contribution is 5.75. The fraction of sp³-hybridized carbons (Fsp3) is 0.316. The number of aryl methyl sites for hydroxylation is 1. The molecule has 0 atom stereocenters. The maximum absolute atomic E-state index is 12.2. The number of nitrogens with zero attached hydrogens (tertiary/aromatic N) is 5. The normalized spacial score (nSPS) is 14.0. The van der Waals surface area contributed by atoms with Gasteiger partial charge in [0, 0.05) is 32.0 Å². The summed E-state index contributed by atoms with van der Waals surface area (Å²) < 4.78 is 5.30. The highest BCUT2D eigenvalue weighted by atomic mass is 16.5. The number of hydrogen-bond donors (Lipinski definition) is 1. The molecule has 1 aromatic carbocycles. The van der Waals surface area contributed by atoms with Gasteiger partial charge in [0.05, 0.1) is 5.92 Å². The molecule has 3 heterocycles. The Morgan fingerprint density at radius 1 is 1.11 bits per heavy atom. The van der Waals surface area contributed by atoms with Crippen molar-refractivity contribution < 1.29 is 9.32 Å². The second kappa shape index (κ2) is 7.94. The number of nitrogens with one attached hydrogen (secondary N) is 1. The van der Waals surface area contributed by atoms with Crippen LogP contribution in [0.15, 0.2) is 53.3 Å². The van der Waals surface area contributed by atoms with Crippen LogP contribution in [0.25, 0.3) is 11.6 Å². The van der Waals surface area contributed by atoms with Crippen LogP contribution >= 0.6 is 0 Å². The van der Waals surface area contributed by atoms with Crippen LogP contribution in [0.3, 0.4) is 0 Å². The molecule has 0 spiro atoms. The third-order valence-corrected chi connectivity index (χ3v) is 4.49. The second-order valence-electron chi connectivity index (χ2n) is 6.45. The smallest absolute Gasteiger partial charge is 0.317 e. The lowest BCUT2D eigenvalue weighted by atomic mass is 10.0. The predicted octanol–water partition coefficient (Wildman–Crippen LogP) is 2.27. The van der Waals surface area contributed by atoms with Crippen LogP contribution in [-0.2, 0) is 6.42 Å². The minimum Gasteiger partial charge on any atom is -0.338 e. The van der Waals surface area contributed by atoms with E-state index in [4.69, 9.17) is 4.52 Å². The van der Waals surface area contributed by atoms with E-state index in [0.717, 1.165) is 12.8 Å². The first-order valence-electron chi connectivity index (χ1n) is 8.97. The van der Waals surface area contributed by atoms with E-state index in [1.807, 2.05) is 18.2 Å². The summed E-state index contributed by atoms with van der Waals surface area (Å²) in [5.41, 5.74) is 1.28. The maximum Gasteiger partial charge on any atom is 0.317 e. The number of rotatable bonds is 6. The standard InChI is InChI=1S/C19H20N6O2/c26-19(22-9-4-8-14-6-2-1-3-7-14)25-12-15(13-25)18-23-17(24-27-18)16-20-10-5-11-21-16/h1-3,5-7,10-11,15H,4,8-9,12-13H2,(H,22,26). The van der Waals surface area contributed by atoms with Gasteiger partial charge in [-0.1, -0.05) is 35.5 Å². The molecule has 0 bridgehead atoms. The van der Waals surface area contributed by atoms with Gasteiger partial charge in [0.15, 0.2) is 0 Å². The lowest BCUT2D eigenvalue weighted by Gasteiger charge is -2.36. The van der Waals surface area contributed by atoms with Crippen LogP contribution in [0.1, 0.15) is 23.8 Å². The molecule has 0 saturated carbocycles. The fourth-order valence-corrected chi connectivity index (χ4v) is 2.95. The minimum atomic E-state index is -0.0505. The molecular weight excluding hydrogens is 344 g/mol. The first-order valence-corrected chi connectivity index (χ1v) is 8.97. The Kier molecular flexibility index (Phi) is 5.04. The van der Waals surface area contributed by atoms with E-state index in [1.54, 1.807) is 23.4 Å². The number of hydrogen-bond acceptors (Lipinski definition) is 6. The summed E-state index contributed by atoms with van der Waals surface area (Å²) in [6, 6.07) is 11.9. The van der Waals surface area contributed by atoms with Crippen LogP contribution in [0.4, 0.5) is 4.79 Å². The van der Waals surface area contributed by atoms with Gasteiger partial charge in [-0.2, -0.15) is 4.98 Å². The van der Waals surface area contributed by atoms with Gasteiger partial charge in [-0.05, 0) is 24.5 Å². The van der Waals surface area contributed by atoms with Crippen molar-refractivity contribution in [3.05, 3.63) is 60.2 Å². The molecule has 138 valence electrons. The van der Waals surface area contributed by atoms with Crippen LogP contribution in [0, 0.1) is 0 Å². The maximum atomic E-state index is 12.2. The Labute approximate surface area is 156 Å². The van der Waals surface area contributed by atoms with Gasteiger partial charge in [-0.3, -0.25) is 0 Å². The molecule has 1 saturated heterocycles. The third-order valence-electron chi connectivity index (χ3n) is 4.49. The molecule has 1 aliphatic rings. The molecule has 2 amide bonds. The molecule has 1 aliphatic heterocycles. The van der Waals surface area contributed by atoms with Crippen molar-refractivity contribution in [1.29, 1.82) is 0 Å². The van der Waals surface area contributed by atoms with Gasteiger partial charge in [0.25, 0.3) is 0 Å². The van der Waals surface area contributed by atoms with Gasteiger partial charge in [-0.25, -0.2) is 14.8 Å². The van der Waals surface area contributed by atoms with Gasteiger partial charge in [-0.15, -0.1) is 0 Å². The number of carbonyl (C=O) groups is 1. The monoisotopic (exact) mass is 364 g/mol. The van der Waals surface area contributed by atoms with E-state index in [2.05, 4.69) is 37.6 Å². The number of aromatic nitrogens is 4.